The number of hydrogen-bond donors (Lipinski definition) is 3. The van der Waals surface area contributed by atoms with Crippen LogP contribution in [0.5, 0.6) is 0 Å². The maximum atomic E-state index is 11.7. The van der Waals surface area contributed by atoms with Crippen molar-refractivity contribution in [2.45, 2.75) is 14.7 Å². The molecule has 3 aromatic carbocycles. The van der Waals surface area contributed by atoms with Crippen molar-refractivity contribution < 1.29 is 38.9 Å². The predicted octanol–water partition coefficient (Wildman–Crippen LogP) is 2.80. The average molecular weight is 471 g/mol. The molecular weight excluding hydrogens is 460 g/mol. The van der Waals surface area contributed by atoms with Gasteiger partial charge in [0.25, 0.3) is 30.4 Å². The van der Waals surface area contributed by atoms with Crippen molar-refractivity contribution in [3.8, 4) is 0 Å². The van der Waals surface area contributed by atoms with Crippen molar-refractivity contribution in [3.05, 3.63) is 54.6 Å². The van der Waals surface area contributed by atoms with Crippen molar-refractivity contribution >= 4 is 52.5 Å². The summed E-state index contributed by atoms with van der Waals surface area (Å²) < 4.78 is 95.6. The van der Waals surface area contributed by atoms with Gasteiger partial charge in [0.05, 0.1) is 10.6 Å². The van der Waals surface area contributed by atoms with E-state index in [0.29, 0.717) is 0 Å². The number of nitrogens with zero attached hydrogens (tertiary/aromatic N) is 2. The summed E-state index contributed by atoms with van der Waals surface area (Å²) in [5.74, 6) is 0. The van der Waals surface area contributed by atoms with Gasteiger partial charge in [0.1, 0.15) is 15.5 Å². The first-order valence-corrected chi connectivity index (χ1v) is 12.0. The lowest BCUT2D eigenvalue weighted by Gasteiger charge is -2.06. The summed E-state index contributed by atoms with van der Waals surface area (Å²) in [7, 11) is -13.8. The lowest BCUT2D eigenvalue weighted by atomic mass is 10.1. The monoisotopic (exact) mass is 471 g/mol. The Morgan fingerprint density at radius 2 is 1.33 bits per heavy atom. The van der Waals surface area contributed by atoms with Gasteiger partial charge in [-0.2, -0.15) is 30.4 Å². The number of hydrogen-bond acceptors (Lipinski definition) is 8. The molecule has 0 saturated carbocycles. The van der Waals surface area contributed by atoms with Gasteiger partial charge in [-0.05, 0) is 59.3 Å². The minimum Gasteiger partial charge on any atom is -0.282 e. The Labute approximate surface area is 171 Å². The standard InChI is InChI=1S/C16H11N2O9S3/c19-28(20,21)13-5-2-12(3-6-13)17-18-15-8-10-1-4-14(29(22,23)24)7-11(10)9-16(15)30(25,26)27/h1-3,5-9H,(H,19,20,21)(H,22,23,24)(H,25,26,27). The van der Waals surface area contributed by atoms with Crippen molar-refractivity contribution in [3.63, 3.8) is 0 Å². The minimum absolute atomic E-state index is 0.0606. The first-order valence-electron chi connectivity index (χ1n) is 7.69. The summed E-state index contributed by atoms with van der Waals surface area (Å²) in [5, 5.41) is 7.86. The van der Waals surface area contributed by atoms with E-state index in [1.165, 1.54) is 24.3 Å². The Balaban J connectivity index is 2.11. The van der Waals surface area contributed by atoms with Crippen LogP contribution in [-0.4, -0.2) is 38.9 Å². The Morgan fingerprint density at radius 3 is 1.87 bits per heavy atom. The molecule has 30 heavy (non-hydrogen) atoms. The van der Waals surface area contributed by atoms with Crippen LogP contribution < -0.4 is 0 Å². The van der Waals surface area contributed by atoms with E-state index in [-0.39, 0.29) is 27.0 Å². The molecule has 0 heterocycles. The molecule has 14 heteroatoms. The molecule has 3 N–H and O–H groups in total. The topological polar surface area (TPSA) is 188 Å². The lowest BCUT2D eigenvalue weighted by molar-refractivity contribution is 0.481. The number of benzene rings is 3. The van der Waals surface area contributed by atoms with Gasteiger partial charge in [0.15, 0.2) is 0 Å². The van der Waals surface area contributed by atoms with Crippen molar-refractivity contribution in [2.75, 3.05) is 0 Å². The SMILES string of the molecule is O=S(=O)(O)c1[c]cc2cc(N=Nc3ccc(S(=O)(=O)O)cc3)c(S(=O)(=O)O)cc2c1. The van der Waals surface area contributed by atoms with E-state index in [0.717, 1.165) is 24.3 Å². The van der Waals surface area contributed by atoms with Crippen LogP contribution in [0.25, 0.3) is 10.8 Å². The fourth-order valence-electron chi connectivity index (χ4n) is 2.41. The van der Waals surface area contributed by atoms with Crippen LogP contribution in [0.1, 0.15) is 0 Å². The lowest BCUT2D eigenvalue weighted by Crippen LogP contribution is -2.00. The van der Waals surface area contributed by atoms with Gasteiger partial charge in [-0.3, -0.25) is 13.7 Å². The van der Waals surface area contributed by atoms with E-state index in [2.05, 4.69) is 16.3 Å². The minimum atomic E-state index is -4.79. The Morgan fingerprint density at radius 1 is 0.700 bits per heavy atom. The van der Waals surface area contributed by atoms with Crippen molar-refractivity contribution in [1.82, 2.24) is 0 Å². The zero-order valence-corrected chi connectivity index (χ0v) is 17.0. The third-order valence-electron chi connectivity index (χ3n) is 3.78. The van der Waals surface area contributed by atoms with E-state index in [4.69, 9.17) is 9.11 Å². The molecular formula is C16H11N2O9S3. The Bertz CT molecular complexity index is 1490. The largest absolute Gasteiger partial charge is 0.296 e. The first kappa shape index (κ1) is 21.9. The summed E-state index contributed by atoms with van der Waals surface area (Å²) >= 11 is 0. The third-order valence-corrected chi connectivity index (χ3v) is 6.33. The van der Waals surface area contributed by atoms with E-state index in [1.807, 2.05) is 0 Å². The summed E-state index contributed by atoms with van der Waals surface area (Å²) in [5.41, 5.74) is -0.186. The normalized spacial score (nSPS) is 13.2. The van der Waals surface area contributed by atoms with E-state index >= 15 is 0 Å². The quantitative estimate of drug-likeness (QED) is 0.371. The highest BCUT2D eigenvalue weighted by atomic mass is 32.2. The van der Waals surface area contributed by atoms with Gasteiger partial charge in [-0.1, -0.05) is 0 Å². The fraction of sp³-hybridized carbons (Fsp3) is 0. The third kappa shape index (κ3) is 4.86. The highest BCUT2D eigenvalue weighted by Crippen LogP contribution is 2.32. The molecule has 0 aromatic heterocycles. The highest BCUT2D eigenvalue weighted by molar-refractivity contribution is 7.86. The van der Waals surface area contributed by atoms with Crippen LogP contribution >= 0.6 is 0 Å². The van der Waals surface area contributed by atoms with Crippen molar-refractivity contribution in [2.24, 2.45) is 10.2 Å². The molecule has 0 saturated heterocycles. The van der Waals surface area contributed by atoms with Gasteiger partial charge in [0.2, 0.25) is 0 Å². The Hall–Kier alpha value is -2.75. The molecule has 3 rings (SSSR count). The zero-order valence-electron chi connectivity index (χ0n) is 14.5. The van der Waals surface area contributed by atoms with Gasteiger partial charge in [0, 0.05) is 6.07 Å². The van der Waals surface area contributed by atoms with Gasteiger partial charge < -0.3 is 0 Å². The Kier molecular flexibility index (Phi) is 5.48. The van der Waals surface area contributed by atoms with Crippen LogP contribution in [0.15, 0.2) is 73.4 Å². The van der Waals surface area contributed by atoms with E-state index < -0.39 is 40.1 Å². The smallest absolute Gasteiger partial charge is 0.282 e. The first-order chi connectivity index (χ1) is 13.7. The van der Waals surface area contributed by atoms with E-state index in [1.54, 1.807) is 0 Å². The molecule has 0 amide bonds. The maximum absolute atomic E-state index is 11.7. The summed E-state index contributed by atoms with van der Waals surface area (Å²) in [6.07, 6.45) is 0. The molecule has 0 spiro atoms. The molecule has 0 fully saturated rings. The molecule has 3 aromatic rings. The van der Waals surface area contributed by atoms with Gasteiger partial charge in [-0.15, -0.1) is 5.11 Å². The second-order valence-corrected chi connectivity index (χ2v) is 10.1. The second kappa shape index (κ2) is 7.50. The molecule has 0 aliphatic carbocycles. The number of rotatable bonds is 5. The van der Waals surface area contributed by atoms with Gasteiger partial charge in [-0.25, -0.2) is 0 Å². The maximum Gasteiger partial charge on any atom is 0.296 e. The number of azo groups is 1. The highest BCUT2D eigenvalue weighted by Gasteiger charge is 2.19. The second-order valence-electron chi connectivity index (χ2n) is 5.87. The molecule has 0 aliphatic heterocycles. The number of fused-ring (bicyclic) bond motifs is 1. The molecule has 0 atom stereocenters. The van der Waals surface area contributed by atoms with Crippen molar-refractivity contribution in [1.29, 1.82) is 0 Å². The molecule has 157 valence electrons. The van der Waals surface area contributed by atoms with Crippen LogP contribution in [0.3, 0.4) is 0 Å². The van der Waals surface area contributed by atoms with E-state index in [9.17, 15) is 29.8 Å². The van der Waals surface area contributed by atoms with Gasteiger partial charge >= 0.3 is 0 Å². The molecule has 11 nitrogen and oxygen atoms in total. The van der Waals surface area contributed by atoms with Crippen LogP contribution in [0.2, 0.25) is 0 Å². The predicted molar refractivity (Wildman–Crippen MR) is 103 cm³/mol. The molecule has 0 aliphatic rings. The van der Waals surface area contributed by atoms with Crippen LogP contribution in [-0.2, 0) is 30.4 Å². The van der Waals surface area contributed by atoms with Crippen LogP contribution in [0, 0.1) is 6.07 Å². The summed E-state index contributed by atoms with van der Waals surface area (Å²) in [6.45, 7) is 0. The molecule has 0 bridgehead atoms. The zero-order chi connectivity index (χ0) is 22.3. The average Bonchev–Trinajstić information content (AvgIpc) is 2.63. The molecule has 0 unspecified atom stereocenters. The summed E-state index contributed by atoms with van der Waals surface area (Å²) in [4.78, 5) is -1.65. The summed E-state index contributed by atoms with van der Waals surface area (Å²) in [6, 6.07) is 11.1. The van der Waals surface area contributed by atoms with Crippen LogP contribution in [0.4, 0.5) is 11.4 Å². The fourth-order valence-corrected chi connectivity index (χ4v) is 4.02. The molecule has 1 radical (unpaired) electrons.